The molecular weight excluding hydrogens is 194 g/mol. The topological polar surface area (TPSA) is 3.24 Å². The Labute approximate surface area is 103 Å². The van der Waals surface area contributed by atoms with Crippen LogP contribution < -0.4 is 0 Å². The molecule has 1 heteroatoms. The quantitative estimate of drug-likeness (QED) is 0.696. The summed E-state index contributed by atoms with van der Waals surface area (Å²) in [4.78, 5) is 2.74. The minimum absolute atomic E-state index is 0.707. The molecule has 0 amide bonds. The first-order valence-electron chi connectivity index (χ1n) is 7.19. The van der Waals surface area contributed by atoms with Crippen LogP contribution in [0.1, 0.15) is 60.8 Å². The maximum Gasteiger partial charge on any atom is 0.0124 e. The molecule has 0 saturated carbocycles. The van der Waals surface area contributed by atoms with Crippen molar-refractivity contribution < 1.29 is 0 Å². The number of rotatable bonds is 3. The van der Waals surface area contributed by atoms with Crippen LogP contribution in [-0.4, -0.2) is 23.5 Å². The van der Waals surface area contributed by atoms with Crippen molar-refractivity contribution in [1.29, 1.82) is 0 Å². The van der Waals surface area contributed by atoms with E-state index >= 15 is 0 Å². The number of nitrogens with zero attached hydrogens (tertiary/aromatic N) is 1. The van der Waals surface area contributed by atoms with Gasteiger partial charge in [0.15, 0.2) is 0 Å². The largest absolute Gasteiger partial charge is 0.298 e. The second-order valence-corrected chi connectivity index (χ2v) is 6.52. The van der Waals surface area contributed by atoms with Gasteiger partial charge < -0.3 is 0 Å². The Bertz CT molecular complexity index is 196. The maximum absolute atomic E-state index is 2.74. The normalized spacial score (nSPS) is 29.1. The van der Waals surface area contributed by atoms with E-state index in [0.29, 0.717) is 6.04 Å². The molecule has 0 bridgehead atoms. The van der Waals surface area contributed by atoms with Crippen molar-refractivity contribution in [3.05, 3.63) is 0 Å². The summed E-state index contributed by atoms with van der Waals surface area (Å²) >= 11 is 0. The molecule has 0 aromatic heterocycles. The summed E-state index contributed by atoms with van der Waals surface area (Å²) in [6, 6.07) is 1.51. The average molecular weight is 225 g/mol. The molecule has 1 nitrogen and oxygen atoms in total. The van der Waals surface area contributed by atoms with Crippen LogP contribution >= 0.6 is 0 Å². The summed E-state index contributed by atoms with van der Waals surface area (Å²) in [6.45, 7) is 15.6. The molecule has 2 unspecified atom stereocenters. The van der Waals surface area contributed by atoms with Gasteiger partial charge in [-0.25, -0.2) is 0 Å². The number of likely N-dealkylation sites (tertiary alicyclic amines) is 1. The highest BCUT2D eigenvalue weighted by molar-refractivity contribution is 4.84. The molecule has 0 spiro atoms. The maximum atomic E-state index is 2.74. The zero-order valence-electron chi connectivity index (χ0n) is 12.2. The van der Waals surface area contributed by atoms with Crippen molar-refractivity contribution in [2.24, 2.45) is 17.8 Å². The van der Waals surface area contributed by atoms with Crippen LogP contribution in [-0.2, 0) is 0 Å². The van der Waals surface area contributed by atoms with Crippen molar-refractivity contribution in [2.45, 2.75) is 72.9 Å². The second kappa shape index (κ2) is 6.05. The Morgan fingerprint density at radius 2 is 1.56 bits per heavy atom. The van der Waals surface area contributed by atoms with E-state index in [0.717, 1.165) is 23.8 Å². The van der Waals surface area contributed by atoms with E-state index in [1.807, 2.05) is 0 Å². The summed E-state index contributed by atoms with van der Waals surface area (Å²) in [5.74, 6) is 2.59. The summed E-state index contributed by atoms with van der Waals surface area (Å²) < 4.78 is 0. The smallest absolute Gasteiger partial charge is 0.0124 e. The van der Waals surface area contributed by atoms with E-state index in [9.17, 15) is 0 Å². The third-order valence-corrected chi connectivity index (χ3v) is 4.34. The first kappa shape index (κ1) is 14.0. The van der Waals surface area contributed by atoms with E-state index in [1.54, 1.807) is 0 Å². The van der Waals surface area contributed by atoms with E-state index in [2.05, 4.69) is 46.4 Å². The first-order valence-corrected chi connectivity index (χ1v) is 7.19. The van der Waals surface area contributed by atoms with Crippen molar-refractivity contribution in [3.8, 4) is 0 Å². The molecule has 0 aliphatic carbocycles. The Kier molecular flexibility index (Phi) is 5.30. The second-order valence-electron chi connectivity index (χ2n) is 6.52. The van der Waals surface area contributed by atoms with Crippen molar-refractivity contribution in [3.63, 3.8) is 0 Å². The Morgan fingerprint density at radius 1 is 0.938 bits per heavy atom. The molecule has 1 heterocycles. The lowest BCUT2D eigenvalue weighted by atomic mass is 9.84. The summed E-state index contributed by atoms with van der Waals surface area (Å²) in [5.41, 5.74) is 0. The molecule has 1 fully saturated rings. The SMILES string of the molecule is CC(C)C1CCCN(C(C)C)C(C(C)C)C1. The molecule has 1 rings (SSSR count). The highest BCUT2D eigenvalue weighted by Crippen LogP contribution is 2.32. The summed E-state index contributed by atoms with van der Waals surface area (Å²) in [6.07, 6.45) is 4.24. The lowest BCUT2D eigenvalue weighted by Gasteiger charge is -2.37. The van der Waals surface area contributed by atoms with Gasteiger partial charge in [-0.05, 0) is 57.4 Å². The summed E-state index contributed by atoms with van der Waals surface area (Å²) in [7, 11) is 0. The monoisotopic (exact) mass is 225 g/mol. The molecule has 0 aromatic rings. The van der Waals surface area contributed by atoms with Crippen LogP contribution in [0, 0.1) is 17.8 Å². The van der Waals surface area contributed by atoms with Gasteiger partial charge in [-0.1, -0.05) is 27.7 Å². The zero-order chi connectivity index (χ0) is 12.3. The van der Waals surface area contributed by atoms with Gasteiger partial charge >= 0.3 is 0 Å². The van der Waals surface area contributed by atoms with Crippen LogP contribution in [0.5, 0.6) is 0 Å². The van der Waals surface area contributed by atoms with Gasteiger partial charge in [-0.2, -0.15) is 0 Å². The minimum Gasteiger partial charge on any atom is -0.298 e. The zero-order valence-corrected chi connectivity index (χ0v) is 12.2. The minimum atomic E-state index is 0.707. The first-order chi connectivity index (χ1) is 7.43. The van der Waals surface area contributed by atoms with E-state index in [-0.39, 0.29) is 0 Å². The van der Waals surface area contributed by atoms with Crippen LogP contribution in [0.3, 0.4) is 0 Å². The van der Waals surface area contributed by atoms with Gasteiger partial charge in [-0.15, -0.1) is 0 Å². The molecule has 1 aliphatic heterocycles. The van der Waals surface area contributed by atoms with Gasteiger partial charge in [-0.3, -0.25) is 4.90 Å². The van der Waals surface area contributed by atoms with Gasteiger partial charge in [0, 0.05) is 12.1 Å². The van der Waals surface area contributed by atoms with Crippen LogP contribution in [0.15, 0.2) is 0 Å². The number of hydrogen-bond donors (Lipinski definition) is 0. The van der Waals surface area contributed by atoms with Gasteiger partial charge in [0.1, 0.15) is 0 Å². The summed E-state index contributed by atoms with van der Waals surface area (Å²) in [5, 5.41) is 0. The van der Waals surface area contributed by atoms with E-state index < -0.39 is 0 Å². The molecule has 96 valence electrons. The van der Waals surface area contributed by atoms with E-state index in [1.165, 1.54) is 25.8 Å². The van der Waals surface area contributed by atoms with Crippen LogP contribution in [0.25, 0.3) is 0 Å². The standard InChI is InChI=1S/C15H31N/c1-11(2)14-8-7-9-16(13(5)6)15(10-14)12(3)4/h11-15H,7-10H2,1-6H3. The fourth-order valence-electron chi connectivity index (χ4n) is 3.17. The lowest BCUT2D eigenvalue weighted by Crippen LogP contribution is -2.43. The lowest BCUT2D eigenvalue weighted by molar-refractivity contribution is 0.110. The van der Waals surface area contributed by atoms with Gasteiger partial charge in [0.2, 0.25) is 0 Å². The Balaban J connectivity index is 2.75. The highest BCUT2D eigenvalue weighted by atomic mass is 15.2. The van der Waals surface area contributed by atoms with Crippen molar-refractivity contribution >= 4 is 0 Å². The third-order valence-electron chi connectivity index (χ3n) is 4.34. The Hall–Kier alpha value is -0.0400. The predicted octanol–water partition coefficient (Wildman–Crippen LogP) is 4.18. The predicted molar refractivity (Wildman–Crippen MR) is 72.6 cm³/mol. The molecular formula is C15H31N. The molecule has 0 aromatic carbocycles. The van der Waals surface area contributed by atoms with Crippen LogP contribution in [0.2, 0.25) is 0 Å². The molecule has 0 N–H and O–H groups in total. The van der Waals surface area contributed by atoms with Crippen molar-refractivity contribution in [2.75, 3.05) is 6.54 Å². The van der Waals surface area contributed by atoms with Gasteiger partial charge in [0.05, 0.1) is 0 Å². The third kappa shape index (κ3) is 3.48. The molecule has 2 atom stereocenters. The van der Waals surface area contributed by atoms with E-state index in [4.69, 9.17) is 0 Å². The fraction of sp³-hybridized carbons (Fsp3) is 1.00. The molecule has 1 saturated heterocycles. The highest BCUT2D eigenvalue weighted by Gasteiger charge is 2.30. The molecule has 0 radical (unpaired) electrons. The molecule has 1 aliphatic rings. The van der Waals surface area contributed by atoms with Crippen LogP contribution in [0.4, 0.5) is 0 Å². The number of hydrogen-bond acceptors (Lipinski definition) is 1. The molecule has 16 heavy (non-hydrogen) atoms. The van der Waals surface area contributed by atoms with Gasteiger partial charge in [0.25, 0.3) is 0 Å². The fourth-order valence-corrected chi connectivity index (χ4v) is 3.17. The Morgan fingerprint density at radius 3 is 2.00 bits per heavy atom. The van der Waals surface area contributed by atoms with Crippen molar-refractivity contribution in [1.82, 2.24) is 4.90 Å². The average Bonchev–Trinajstić information content (AvgIpc) is 2.38.